The summed E-state index contributed by atoms with van der Waals surface area (Å²) in [6.07, 6.45) is 0.970. The van der Waals surface area contributed by atoms with Crippen molar-refractivity contribution in [1.29, 1.82) is 0 Å². The molecule has 0 aliphatic rings. The first-order valence-corrected chi connectivity index (χ1v) is 6.04. The summed E-state index contributed by atoms with van der Waals surface area (Å²) in [5.41, 5.74) is 9.14. The number of rotatable bonds is 2. The molecule has 1 nitrogen and oxygen atoms in total. The summed E-state index contributed by atoms with van der Waals surface area (Å²) in [6.45, 7) is 2.10. The molecule has 1 aromatic carbocycles. The molecule has 1 heterocycles. The van der Waals surface area contributed by atoms with Gasteiger partial charge in [-0.2, -0.15) is 0 Å². The van der Waals surface area contributed by atoms with E-state index in [0.29, 0.717) is 0 Å². The summed E-state index contributed by atoms with van der Waals surface area (Å²) >= 11 is 7.47. The molecule has 0 fully saturated rings. The van der Waals surface area contributed by atoms with Crippen LogP contribution < -0.4 is 5.73 Å². The van der Waals surface area contributed by atoms with Crippen molar-refractivity contribution in [2.24, 2.45) is 0 Å². The van der Waals surface area contributed by atoms with Crippen LogP contribution in [0.1, 0.15) is 12.5 Å². The molecule has 0 aliphatic heterocycles. The molecule has 1 aromatic heterocycles. The first kappa shape index (κ1) is 10.5. The second-order valence-electron chi connectivity index (χ2n) is 3.37. The van der Waals surface area contributed by atoms with Crippen molar-refractivity contribution in [2.75, 3.05) is 5.73 Å². The van der Waals surface area contributed by atoms with E-state index in [9.17, 15) is 0 Å². The normalized spacial score (nSPS) is 10.5. The van der Waals surface area contributed by atoms with Gasteiger partial charge >= 0.3 is 0 Å². The lowest BCUT2D eigenvalue weighted by Gasteiger charge is -2.04. The number of benzene rings is 1. The molecule has 0 bridgehead atoms. The molecule has 2 aromatic rings. The van der Waals surface area contributed by atoms with Crippen molar-refractivity contribution in [3.8, 4) is 10.4 Å². The lowest BCUT2D eigenvalue weighted by molar-refractivity contribution is 1.15. The number of hydrogen-bond acceptors (Lipinski definition) is 2. The maximum atomic E-state index is 5.95. The van der Waals surface area contributed by atoms with Crippen LogP contribution in [-0.2, 0) is 6.42 Å². The second-order valence-corrected chi connectivity index (χ2v) is 5.09. The summed E-state index contributed by atoms with van der Waals surface area (Å²) in [7, 11) is 0. The first-order valence-electron chi connectivity index (χ1n) is 4.85. The number of nitrogen functional groups attached to an aromatic ring is 1. The molecule has 0 amide bonds. The van der Waals surface area contributed by atoms with Gasteiger partial charge in [0.25, 0.3) is 0 Å². The van der Waals surface area contributed by atoms with E-state index in [1.165, 1.54) is 5.56 Å². The topological polar surface area (TPSA) is 26.0 Å². The molecule has 3 heteroatoms. The highest BCUT2D eigenvalue weighted by Crippen LogP contribution is 2.32. The highest BCUT2D eigenvalue weighted by molar-refractivity contribution is 7.19. The van der Waals surface area contributed by atoms with Crippen molar-refractivity contribution in [3.63, 3.8) is 0 Å². The Hall–Kier alpha value is -0.990. The molecule has 0 atom stereocenters. The van der Waals surface area contributed by atoms with Crippen molar-refractivity contribution >= 4 is 28.6 Å². The van der Waals surface area contributed by atoms with Crippen LogP contribution in [0.15, 0.2) is 30.3 Å². The van der Waals surface area contributed by atoms with Gasteiger partial charge in [0.2, 0.25) is 0 Å². The minimum atomic E-state index is 0.808. The highest BCUT2D eigenvalue weighted by Gasteiger charge is 2.03. The Morgan fingerprint density at radius 1 is 1.27 bits per heavy atom. The van der Waals surface area contributed by atoms with E-state index in [-0.39, 0.29) is 0 Å². The van der Waals surface area contributed by atoms with Gasteiger partial charge in [-0.05, 0) is 35.7 Å². The molecule has 0 unspecified atom stereocenters. The van der Waals surface area contributed by atoms with Gasteiger partial charge in [0.05, 0.1) is 4.34 Å². The molecule has 15 heavy (non-hydrogen) atoms. The zero-order chi connectivity index (χ0) is 10.8. The Kier molecular flexibility index (Phi) is 2.98. The van der Waals surface area contributed by atoms with Crippen LogP contribution in [0.25, 0.3) is 10.4 Å². The second kappa shape index (κ2) is 4.25. The van der Waals surface area contributed by atoms with E-state index in [1.54, 1.807) is 11.3 Å². The number of thiophene rings is 1. The largest absolute Gasteiger partial charge is 0.398 e. The van der Waals surface area contributed by atoms with Gasteiger partial charge in [0.1, 0.15) is 0 Å². The standard InChI is InChI=1S/C12H12ClNS/c1-2-8-3-4-9(7-10(8)14)11-5-6-12(13)15-11/h3-7H,2,14H2,1H3. The van der Waals surface area contributed by atoms with Crippen LogP contribution in [0.4, 0.5) is 5.69 Å². The van der Waals surface area contributed by atoms with Crippen LogP contribution in [0.3, 0.4) is 0 Å². The number of aryl methyl sites for hydroxylation is 1. The van der Waals surface area contributed by atoms with E-state index in [1.807, 2.05) is 18.2 Å². The third-order valence-corrected chi connectivity index (χ3v) is 3.66. The van der Waals surface area contributed by atoms with Crippen LogP contribution in [0.2, 0.25) is 4.34 Å². The molecule has 78 valence electrons. The predicted molar refractivity (Wildman–Crippen MR) is 68.6 cm³/mol. The van der Waals surface area contributed by atoms with Crippen molar-refractivity contribution in [1.82, 2.24) is 0 Å². The van der Waals surface area contributed by atoms with Crippen LogP contribution >= 0.6 is 22.9 Å². The zero-order valence-corrected chi connectivity index (χ0v) is 10.0. The molecule has 0 radical (unpaired) electrons. The van der Waals surface area contributed by atoms with Crippen molar-refractivity contribution in [3.05, 3.63) is 40.2 Å². The Labute approximate surface area is 98.5 Å². The van der Waals surface area contributed by atoms with Crippen molar-refractivity contribution in [2.45, 2.75) is 13.3 Å². The molecular formula is C12H12ClNS. The number of anilines is 1. The van der Waals surface area contributed by atoms with Gasteiger partial charge in [0.15, 0.2) is 0 Å². The van der Waals surface area contributed by atoms with E-state index in [4.69, 9.17) is 17.3 Å². The SMILES string of the molecule is CCc1ccc(-c2ccc(Cl)s2)cc1N. The fraction of sp³-hybridized carbons (Fsp3) is 0.167. The third kappa shape index (κ3) is 2.16. The lowest BCUT2D eigenvalue weighted by atomic mass is 10.1. The van der Waals surface area contributed by atoms with Gasteiger partial charge in [-0.15, -0.1) is 11.3 Å². The zero-order valence-electron chi connectivity index (χ0n) is 8.46. The van der Waals surface area contributed by atoms with Crippen LogP contribution in [0.5, 0.6) is 0 Å². The van der Waals surface area contributed by atoms with Gasteiger partial charge in [0, 0.05) is 10.6 Å². The smallest absolute Gasteiger partial charge is 0.0934 e. The molecule has 2 rings (SSSR count). The highest BCUT2D eigenvalue weighted by atomic mass is 35.5. The van der Waals surface area contributed by atoms with Gasteiger partial charge in [-0.25, -0.2) is 0 Å². The van der Waals surface area contributed by atoms with Crippen LogP contribution in [0, 0.1) is 0 Å². The molecule has 0 saturated heterocycles. The Balaban J connectivity index is 2.42. The molecule has 0 aliphatic carbocycles. The maximum absolute atomic E-state index is 5.95. The molecular weight excluding hydrogens is 226 g/mol. The summed E-state index contributed by atoms with van der Waals surface area (Å²) in [6, 6.07) is 10.1. The molecule has 0 saturated carbocycles. The van der Waals surface area contributed by atoms with Gasteiger partial charge in [-0.3, -0.25) is 0 Å². The quantitative estimate of drug-likeness (QED) is 0.778. The van der Waals surface area contributed by atoms with E-state index in [2.05, 4.69) is 19.1 Å². The minimum absolute atomic E-state index is 0.808. The lowest BCUT2D eigenvalue weighted by Crippen LogP contribution is -1.92. The molecule has 0 spiro atoms. The summed E-state index contributed by atoms with van der Waals surface area (Å²) in [4.78, 5) is 1.16. The average molecular weight is 238 g/mol. The first-order chi connectivity index (χ1) is 7.20. The molecule has 2 N–H and O–H groups in total. The summed E-state index contributed by atoms with van der Waals surface area (Å²) < 4.78 is 0.808. The van der Waals surface area contributed by atoms with Crippen molar-refractivity contribution < 1.29 is 0 Å². The fourth-order valence-corrected chi connectivity index (χ4v) is 2.58. The van der Waals surface area contributed by atoms with Gasteiger partial charge in [-0.1, -0.05) is 30.7 Å². The fourth-order valence-electron chi connectivity index (χ4n) is 1.54. The summed E-state index contributed by atoms with van der Waals surface area (Å²) in [5, 5.41) is 0. The number of halogens is 1. The Morgan fingerprint density at radius 3 is 2.60 bits per heavy atom. The minimum Gasteiger partial charge on any atom is -0.398 e. The third-order valence-electron chi connectivity index (χ3n) is 2.38. The summed E-state index contributed by atoms with van der Waals surface area (Å²) in [5.74, 6) is 0. The Bertz CT molecular complexity index is 476. The maximum Gasteiger partial charge on any atom is 0.0934 e. The van der Waals surface area contributed by atoms with E-state index < -0.39 is 0 Å². The Morgan fingerprint density at radius 2 is 2.07 bits per heavy atom. The average Bonchev–Trinajstić information content (AvgIpc) is 2.65. The predicted octanol–water partition coefficient (Wildman–Crippen LogP) is 4.21. The van der Waals surface area contributed by atoms with E-state index >= 15 is 0 Å². The van der Waals surface area contributed by atoms with Gasteiger partial charge < -0.3 is 5.73 Å². The van der Waals surface area contributed by atoms with E-state index in [0.717, 1.165) is 26.9 Å². The number of hydrogen-bond donors (Lipinski definition) is 1. The van der Waals surface area contributed by atoms with Crippen LogP contribution in [-0.4, -0.2) is 0 Å². The monoisotopic (exact) mass is 237 g/mol. The number of nitrogens with two attached hydrogens (primary N) is 1.